The van der Waals surface area contributed by atoms with Gasteiger partial charge in [-0.2, -0.15) is 0 Å². The number of halogens is 2. The van der Waals surface area contributed by atoms with Crippen LogP contribution in [0.2, 0.25) is 10.0 Å². The lowest BCUT2D eigenvalue weighted by Gasteiger charge is -2.32. The van der Waals surface area contributed by atoms with E-state index in [0.29, 0.717) is 22.4 Å². The summed E-state index contributed by atoms with van der Waals surface area (Å²) >= 11 is 12.3. The van der Waals surface area contributed by atoms with Gasteiger partial charge in [-0.3, -0.25) is 14.9 Å². The first-order valence-electron chi connectivity index (χ1n) is 9.04. The monoisotopic (exact) mass is 420 g/mol. The number of hydrogen-bond donors (Lipinski definition) is 3. The molecule has 1 saturated heterocycles. The molecule has 0 spiro atoms. The normalized spacial score (nSPS) is 15.7. The summed E-state index contributed by atoms with van der Waals surface area (Å²) in [6, 6.07) is 10.0. The maximum absolute atomic E-state index is 11.0. The molecule has 0 aliphatic carbocycles. The Hall–Kier alpha value is -2.12. The number of aromatic nitrogens is 1. The average molecular weight is 421 g/mol. The molecular weight excluding hydrogens is 399 g/mol. The number of benzene rings is 1. The van der Waals surface area contributed by atoms with E-state index in [4.69, 9.17) is 28.4 Å². The number of anilines is 1. The van der Waals surface area contributed by atoms with Crippen LogP contribution in [0, 0.1) is 0 Å². The fourth-order valence-electron chi connectivity index (χ4n) is 3.14. The Labute approximate surface area is 174 Å². The quantitative estimate of drug-likeness (QED) is 0.374. The third-order valence-electron chi connectivity index (χ3n) is 4.65. The van der Waals surface area contributed by atoms with Crippen molar-refractivity contribution in [3.05, 3.63) is 63.8 Å². The second kappa shape index (κ2) is 9.89. The van der Waals surface area contributed by atoms with Crippen LogP contribution >= 0.6 is 23.2 Å². The van der Waals surface area contributed by atoms with Crippen molar-refractivity contribution < 1.29 is 10.0 Å². The van der Waals surface area contributed by atoms with Gasteiger partial charge < -0.3 is 5.32 Å². The molecule has 1 fully saturated rings. The third kappa shape index (κ3) is 5.94. The third-order valence-corrected chi connectivity index (χ3v) is 5.19. The number of piperidine rings is 1. The Morgan fingerprint density at radius 1 is 1.25 bits per heavy atom. The predicted octanol–water partition coefficient (Wildman–Crippen LogP) is 3.98. The van der Waals surface area contributed by atoms with Crippen LogP contribution in [0.15, 0.2) is 42.6 Å². The van der Waals surface area contributed by atoms with E-state index in [9.17, 15) is 4.79 Å². The van der Waals surface area contributed by atoms with Gasteiger partial charge in [0, 0.05) is 43.0 Å². The fourth-order valence-corrected chi connectivity index (χ4v) is 3.49. The van der Waals surface area contributed by atoms with Crippen LogP contribution in [0.3, 0.4) is 0 Å². The molecule has 6 nitrogen and oxygen atoms in total. The van der Waals surface area contributed by atoms with Crippen molar-refractivity contribution in [1.29, 1.82) is 0 Å². The van der Waals surface area contributed by atoms with E-state index in [0.717, 1.165) is 37.5 Å². The van der Waals surface area contributed by atoms with Crippen molar-refractivity contribution in [3.63, 3.8) is 0 Å². The number of carbonyl (C=O) groups excluding carboxylic acids is 1. The maximum Gasteiger partial charge on any atom is 0.267 e. The molecule has 1 aromatic heterocycles. The molecule has 0 unspecified atom stereocenters. The topological polar surface area (TPSA) is 77.5 Å². The number of hydrogen-bond acceptors (Lipinski definition) is 5. The first-order valence-corrected chi connectivity index (χ1v) is 9.80. The molecule has 0 saturated carbocycles. The van der Waals surface area contributed by atoms with Crippen LogP contribution in [-0.4, -0.2) is 40.1 Å². The number of hydroxylamine groups is 1. The summed E-state index contributed by atoms with van der Waals surface area (Å²) in [5.41, 5.74) is 3.48. The zero-order valence-electron chi connectivity index (χ0n) is 15.2. The summed E-state index contributed by atoms with van der Waals surface area (Å²) in [5.74, 6) is 0.0326. The summed E-state index contributed by atoms with van der Waals surface area (Å²) in [4.78, 5) is 17.8. The highest BCUT2D eigenvalue weighted by Crippen LogP contribution is 2.24. The molecule has 1 aromatic carbocycles. The molecule has 8 heteroatoms. The Morgan fingerprint density at radius 2 is 1.96 bits per heavy atom. The van der Waals surface area contributed by atoms with Gasteiger partial charge in [0.2, 0.25) is 0 Å². The highest BCUT2D eigenvalue weighted by Gasteiger charge is 2.20. The van der Waals surface area contributed by atoms with E-state index >= 15 is 0 Å². The highest BCUT2D eigenvalue weighted by atomic mass is 35.5. The standard InChI is InChI=1S/C20H22Cl2N4O2/c21-16-4-1-14(2-5-16)13-26-9-7-17(8-10-26)24-20-18(22)11-15(12-23-20)3-6-19(27)25-28/h1-6,11-12,17,28H,7-10,13H2,(H,23,24)(H,25,27)/b6-3+. The van der Waals surface area contributed by atoms with E-state index in [2.05, 4.69) is 27.3 Å². The van der Waals surface area contributed by atoms with E-state index in [-0.39, 0.29) is 0 Å². The lowest BCUT2D eigenvalue weighted by molar-refractivity contribution is -0.124. The van der Waals surface area contributed by atoms with Gasteiger partial charge >= 0.3 is 0 Å². The molecular formula is C20H22Cl2N4O2. The molecule has 0 radical (unpaired) electrons. The zero-order valence-corrected chi connectivity index (χ0v) is 16.7. The molecule has 148 valence electrons. The van der Waals surface area contributed by atoms with E-state index in [1.54, 1.807) is 12.3 Å². The lowest BCUT2D eigenvalue weighted by Crippen LogP contribution is -2.38. The van der Waals surface area contributed by atoms with E-state index < -0.39 is 5.91 Å². The Bertz CT molecular complexity index is 835. The SMILES string of the molecule is O=C(/C=C/c1cnc(NC2CCN(Cc3ccc(Cl)cc3)CC2)c(Cl)c1)NO. The van der Waals surface area contributed by atoms with Crippen molar-refractivity contribution in [2.45, 2.75) is 25.4 Å². The van der Waals surface area contributed by atoms with Gasteiger partial charge in [-0.05, 0) is 48.2 Å². The minimum absolute atomic E-state index is 0.313. The number of nitrogens with one attached hydrogen (secondary N) is 2. The van der Waals surface area contributed by atoms with Crippen molar-refractivity contribution in [1.82, 2.24) is 15.4 Å². The van der Waals surface area contributed by atoms with Gasteiger partial charge in [0.15, 0.2) is 0 Å². The van der Waals surface area contributed by atoms with Crippen LogP contribution in [0.5, 0.6) is 0 Å². The van der Waals surface area contributed by atoms with E-state index in [1.165, 1.54) is 23.2 Å². The second-order valence-electron chi connectivity index (χ2n) is 6.73. The van der Waals surface area contributed by atoms with Crippen molar-refractivity contribution >= 4 is 41.0 Å². The van der Waals surface area contributed by atoms with Crippen LogP contribution in [0.25, 0.3) is 6.08 Å². The molecule has 1 aliphatic heterocycles. The van der Waals surface area contributed by atoms with Crippen LogP contribution in [-0.2, 0) is 11.3 Å². The maximum atomic E-state index is 11.0. The predicted molar refractivity (Wildman–Crippen MR) is 112 cm³/mol. The number of rotatable bonds is 6. The molecule has 2 heterocycles. The molecule has 2 aromatic rings. The lowest BCUT2D eigenvalue weighted by atomic mass is 10.0. The molecule has 1 aliphatic rings. The number of amides is 1. The summed E-state index contributed by atoms with van der Waals surface area (Å²) in [6.07, 6.45) is 6.37. The van der Waals surface area contributed by atoms with Crippen LogP contribution in [0.4, 0.5) is 5.82 Å². The number of nitrogens with zero attached hydrogens (tertiary/aromatic N) is 2. The van der Waals surface area contributed by atoms with Crippen LogP contribution < -0.4 is 10.8 Å². The first kappa shape index (κ1) is 20.6. The van der Waals surface area contributed by atoms with Crippen molar-refractivity contribution in [2.75, 3.05) is 18.4 Å². The van der Waals surface area contributed by atoms with Crippen molar-refractivity contribution in [2.24, 2.45) is 0 Å². The van der Waals surface area contributed by atoms with Gasteiger partial charge in [0.25, 0.3) is 5.91 Å². The smallest absolute Gasteiger partial charge is 0.267 e. The minimum atomic E-state index is -0.608. The second-order valence-corrected chi connectivity index (χ2v) is 7.57. The average Bonchev–Trinajstić information content (AvgIpc) is 2.71. The largest absolute Gasteiger partial charge is 0.366 e. The number of likely N-dealkylation sites (tertiary alicyclic amines) is 1. The molecule has 1 amide bonds. The summed E-state index contributed by atoms with van der Waals surface area (Å²) in [6.45, 7) is 2.91. The Morgan fingerprint density at radius 3 is 2.61 bits per heavy atom. The van der Waals surface area contributed by atoms with Gasteiger partial charge in [-0.25, -0.2) is 10.5 Å². The molecule has 0 bridgehead atoms. The van der Waals surface area contributed by atoms with Gasteiger partial charge in [0.05, 0.1) is 5.02 Å². The van der Waals surface area contributed by atoms with Gasteiger partial charge in [0.1, 0.15) is 5.82 Å². The van der Waals surface area contributed by atoms with Gasteiger partial charge in [-0.15, -0.1) is 0 Å². The minimum Gasteiger partial charge on any atom is -0.366 e. The highest BCUT2D eigenvalue weighted by molar-refractivity contribution is 6.33. The number of carbonyl (C=O) groups is 1. The first-order chi connectivity index (χ1) is 13.5. The fraction of sp³-hybridized carbons (Fsp3) is 0.300. The summed E-state index contributed by atoms with van der Waals surface area (Å²) < 4.78 is 0. The number of pyridine rings is 1. The zero-order chi connectivity index (χ0) is 19.9. The van der Waals surface area contributed by atoms with E-state index in [1.807, 2.05) is 12.1 Å². The molecule has 3 rings (SSSR count). The molecule has 28 heavy (non-hydrogen) atoms. The van der Waals surface area contributed by atoms with Crippen molar-refractivity contribution in [3.8, 4) is 0 Å². The van der Waals surface area contributed by atoms with Gasteiger partial charge in [-0.1, -0.05) is 35.3 Å². The molecule has 0 atom stereocenters. The van der Waals surface area contributed by atoms with Crippen LogP contribution in [0.1, 0.15) is 24.0 Å². The Balaban J connectivity index is 1.51. The summed E-state index contributed by atoms with van der Waals surface area (Å²) in [5, 5.41) is 13.2. The molecule has 3 N–H and O–H groups in total. The Kier molecular flexibility index (Phi) is 7.28. The summed E-state index contributed by atoms with van der Waals surface area (Å²) in [7, 11) is 0.